The first-order valence-electron chi connectivity index (χ1n) is 9.03. The fraction of sp³-hybridized carbons (Fsp3) is 0.200. The first-order chi connectivity index (χ1) is 14.9. The summed E-state index contributed by atoms with van der Waals surface area (Å²) >= 11 is 0. The molecule has 0 unspecified atom stereocenters. The number of halogens is 3. The zero-order valence-electron chi connectivity index (χ0n) is 16.8. The monoisotopic (exact) mass is 471 g/mol. The summed E-state index contributed by atoms with van der Waals surface area (Å²) in [5.74, 6) is -1.55. The molecule has 0 radical (unpaired) electrons. The molecule has 0 aliphatic carbocycles. The molecule has 0 atom stereocenters. The number of nitrogens with zero attached hydrogens (tertiary/aromatic N) is 1. The third kappa shape index (κ3) is 7.39. The molecule has 0 aromatic heterocycles. The van der Waals surface area contributed by atoms with Gasteiger partial charge < -0.3 is 15.0 Å². The van der Waals surface area contributed by atoms with Crippen LogP contribution in [0.2, 0.25) is 0 Å². The molecule has 2 aromatic rings. The van der Waals surface area contributed by atoms with Crippen molar-refractivity contribution in [3.63, 3.8) is 0 Å². The van der Waals surface area contributed by atoms with E-state index in [2.05, 4.69) is 21.4 Å². The standard InChI is InChI=1S/C20H20F3N3O5S/c1-3-12-24-32(29,30)17-10-4-14(5-11-17)19(28)26(2)13-18(27)25-15-6-8-16(9-7-15)31-20(21,22)23/h3-11,24H,1,12-13H2,2H3,(H,25,27). The average Bonchev–Trinajstić information content (AvgIpc) is 2.72. The Morgan fingerprint density at radius 1 is 1.09 bits per heavy atom. The third-order valence-electron chi connectivity index (χ3n) is 3.93. The molecule has 2 N–H and O–H groups in total. The molecule has 2 amide bonds. The van der Waals surface area contributed by atoms with Gasteiger partial charge in [-0.3, -0.25) is 9.59 Å². The zero-order chi connectivity index (χ0) is 23.9. The van der Waals surface area contributed by atoms with Crippen LogP contribution in [0, 0.1) is 0 Å². The Bertz CT molecular complexity index is 1070. The van der Waals surface area contributed by atoms with E-state index in [1.54, 1.807) is 0 Å². The number of rotatable bonds is 9. The molecular weight excluding hydrogens is 451 g/mol. The number of alkyl halides is 3. The lowest BCUT2D eigenvalue weighted by molar-refractivity contribution is -0.274. The van der Waals surface area contributed by atoms with Crippen molar-refractivity contribution in [1.29, 1.82) is 0 Å². The highest BCUT2D eigenvalue weighted by Gasteiger charge is 2.31. The van der Waals surface area contributed by atoms with E-state index in [0.717, 1.165) is 17.0 Å². The van der Waals surface area contributed by atoms with Gasteiger partial charge in [-0.15, -0.1) is 19.8 Å². The molecule has 0 saturated heterocycles. The summed E-state index contributed by atoms with van der Waals surface area (Å²) in [7, 11) is -2.36. The van der Waals surface area contributed by atoms with Gasteiger partial charge in [0.1, 0.15) is 5.75 Å². The lowest BCUT2D eigenvalue weighted by Gasteiger charge is -2.17. The van der Waals surface area contributed by atoms with Gasteiger partial charge in [0.2, 0.25) is 15.9 Å². The third-order valence-corrected chi connectivity index (χ3v) is 5.37. The predicted octanol–water partition coefficient (Wildman–Crippen LogP) is 2.76. The highest BCUT2D eigenvalue weighted by molar-refractivity contribution is 7.89. The maximum Gasteiger partial charge on any atom is 0.573 e. The Morgan fingerprint density at radius 3 is 2.22 bits per heavy atom. The first kappa shape index (κ1) is 24.9. The maximum absolute atomic E-state index is 12.5. The summed E-state index contributed by atoms with van der Waals surface area (Å²) in [4.78, 5) is 25.7. The number of benzene rings is 2. The van der Waals surface area contributed by atoms with Crippen molar-refractivity contribution in [3.8, 4) is 5.75 Å². The molecule has 8 nitrogen and oxygen atoms in total. The second-order valence-electron chi connectivity index (χ2n) is 6.45. The molecule has 0 spiro atoms. The van der Waals surface area contributed by atoms with Gasteiger partial charge in [0.15, 0.2) is 0 Å². The molecule has 0 aliphatic heterocycles. The van der Waals surface area contributed by atoms with E-state index in [-0.39, 0.29) is 29.2 Å². The summed E-state index contributed by atoms with van der Waals surface area (Å²) in [5, 5.41) is 2.45. The average molecular weight is 471 g/mol. The van der Waals surface area contributed by atoms with Gasteiger partial charge in [-0.25, -0.2) is 13.1 Å². The number of ether oxygens (including phenoxy) is 1. The van der Waals surface area contributed by atoms with Gasteiger partial charge in [-0.1, -0.05) is 6.08 Å². The number of hydrogen-bond donors (Lipinski definition) is 2. The summed E-state index contributed by atoms with van der Waals surface area (Å²) in [6.45, 7) is 3.13. The van der Waals surface area contributed by atoms with E-state index in [1.165, 1.54) is 49.5 Å². The molecule has 0 bridgehead atoms. The molecular formula is C20H20F3N3O5S. The van der Waals surface area contributed by atoms with E-state index in [0.29, 0.717) is 0 Å². The van der Waals surface area contributed by atoms with Gasteiger partial charge in [0.25, 0.3) is 5.91 Å². The van der Waals surface area contributed by atoms with Gasteiger partial charge in [0, 0.05) is 24.8 Å². The first-order valence-corrected chi connectivity index (χ1v) is 10.5. The van der Waals surface area contributed by atoms with Crippen LogP contribution in [0.4, 0.5) is 18.9 Å². The quantitative estimate of drug-likeness (QED) is 0.548. The van der Waals surface area contributed by atoms with Crippen LogP contribution in [-0.2, 0) is 14.8 Å². The molecule has 0 heterocycles. The molecule has 2 rings (SSSR count). The highest BCUT2D eigenvalue weighted by Crippen LogP contribution is 2.24. The number of likely N-dealkylation sites (N-methyl/N-ethyl adjacent to an activating group) is 1. The summed E-state index contributed by atoms with van der Waals surface area (Å²) in [5.41, 5.74) is 0.378. The van der Waals surface area contributed by atoms with Crippen LogP contribution in [0.5, 0.6) is 5.75 Å². The topological polar surface area (TPSA) is 105 Å². The van der Waals surface area contributed by atoms with E-state index >= 15 is 0 Å². The van der Waals surface area contributed by atoms with E-state index in [9.17, 15) is 31.2 Å². The van der Waals surface area contributed by atoms with Crippen LogP contribution in [0.3, 0.4) is 0 Å². The Morgan fingerprint density at radius 2 is 1.69 bits per heavy atom. The van der Waals surface area contributed by atoms with Crippen molar-refractivity contribution in [2.24, 2.45) is 0 Å². The number of nitrogens with one attached hydrogen (secondary N) is 2. The summed E-state index contributed by atoms with van der Waals surface area (Å²) in [6.07, 6.45) is -3.43. The minimum atomic E-state index is -4.82. The van der Waals surface area contributed by atoms with E-state index in [1.807, 2.05) is 0 Å². The number of carbonyl (C=O) groups is 2. The van der Waals surface area contributed by atoms with Crippen molar-refractivity contribution in [3.05, 3.63) is 66.7 Å². The maximum atomic E-state index is 12.5. The minimum Gasteiger partial charge on any atom is -0.406 e. The Balaban J connectivity index is 1.95. The van der Waals surface area contributed by atoms with Crippen molar-refractivity contribution >= 4 is 27.5 Å². The molecule has 172 valence electrons. The zero-order valence-corrected chi connectivity index (χ0v) is 17.7. The second-order valence-corrected chi connectivity index (χ2v) is 8.21. The van der Waals surface area contributed by atoms with E-state index in [4.69, 9.17) is 0 Å². The summed E-state index contributed by atoms with van der Waals surface area (Å²) < 4.78 is 66.7. The van der Waals surface area contributed by atoms with Gasteiger partial charge >= 0.3 is 6.36 Å². The molecule has 12 heteroatoms. The number of hydrogen-bond acceptors (Lipinski definition) is 5. The Hall–Kier alpha value is -3.38. The minimum absolute atomic E-state index is 0.0331. The Kier molecular flexibility index (Phi) is 8.00. The van der Waals surface area contributed by atoms with Crippen molar-refractivity contribution in [2.75, 3.05) is 25.5 Å². The number of carbonyl (C=O) groups excluding carboxylic acids is 2. The number of sulfonamides is 1. The van der Waals surface area contributed by atoms with Crippen LogP contribution in [0.1, 0.15) is 10.4 Å². The fourth-order valence-electron chi connectivity index (χ4n) is 2.48. The molecule has 2 aromatic carbocycles. The van der Waals surface area contributed by atoms with Crippen molar-refractivity contribution in [2.45, 2.75) is 11.3 Å². The molecule has 0 saturated carbocycles. The van der Waals surface area contributed by atoms with Gasteiger partial charge in [-0.2, -0.15) is 0 Å². The fourth-order valence-corrected chi connectivity index (χ4v) is 3.48. The van der Waals surface area contributed by atoms with Crippen LogP contribution in [-0.4, -0.2) is 51.6 Å². The Labute approximate surface area is 182 Å². The largest absolute Gasteiger partial charge is 0.573 e. The van der Waals surface area contributed by atoms with Gasteiger partial charge in [-0.05, 0) is 48.5 Å². The second kappa shape index (κ2) is 10.3. The van der Waals surface area contributed by atoms with Crippen molar-refractivity contribution < 1.29 is 35.9 Å². The normalized spacial score (nSPS) is 11.5. The summed E-state index contributed by atoms with van der Waals surface area (Å²) in [6, 6.07) is 9.68. The van der Waals surface area contributed by atoms with Gasteiger partial charge in [0.05, 0.1) is 11.4 Å². The molecule has 32 heavy (non-hydrogen) atoms. The predicted molar refractivity (Wildman–Crippen MR) is 111 cm³/mol. The van der Waals surface area contributed by atoms with Crippen LogP contribution < -0.4 is 14.8 Å². The van der Waals surface area contributed by atoms with Crippen LogP contribution in [0.25, 0.3) is 0 Å². The smallest absolute Gasteiger partial charge is 0.406 e. The van der Waals surface area contributed by atoms with E-state index < -0.39 is 33.9 Å². The molecule has 0 aliphatic rings. The lowest BCUT2D eigenvalue weighted by atomic mass is 10.2. The lowest BCUT2D eigenvalue weighted by Crippen LogP contribution is -2.35. The number of amides is 2. The van der Waals surface area contributed by atoms with Crippen molar-refractivity contribution in [1.82, 2.24) is 9.62 Å². The molecule has 0 fully saturated rings. The SMILES string of the molecule is C=CCNS(=O)(=O)c1ccc(C(=O)N(C)CC(=O)Nc2ccc(OC(F)(F)F)cc2)cc1. The number of anilines is 1. The van der Waals surface area contributed by atoms with Crippen LogP contribution >= 0.6 is 0 Å². The van der Waals surface area contributed by atoms with Crippen LogP contribution in [0.15, 0.2) is 66.1 Å². The highest BCUT2D eigenvalue weighted by atomic mass is 32.2.